The molecule has 0 spiro atoms. The maximum Gasteiger partial charge on any atom is 0.338 e. The molecule has 0 saturated carbocycles. The van der Waals surface area contributed by atoms with Crippen LogP contribution in [0.25, 0.3) is 22.3 Å². The van der Waals surface area contributed by atoms with E-state index in [2.05, 4.69) is 26.3 Å². The van der Waals surface area contributed by atoms with Gasteiger partial charge in [-0.3, -0.25) is 4.79 Å². The lowest BCUT2D eigenvalue weighted by Gasteiger charge is -2.16. The summed E-state index contributed by atoms with van der Waals surface area (Å²) in [6.45, 7) is 15.4. The number of hydrogen-bond acceptors (Lipinski definition) is 13. The van der Waals surface area contributed by atoms with Gasteiger partial charge in [0.15, 0.2) is 0 Å². The third kappa shape index (κ3) is 14.0. The molecule has 0 aliphatic heterocycles. The Morgan fingerprint density at radius 3 is 1.16 bits per heavy atom. The summed E-state index contributed by atoms with van der Waals surface area (Å²) in [5, 5.41) is 10.4. The van der Waals surface area contributed by atoms with Gasteiger partial charge in [0.1, 0.15) is 45.7 Å². The fraction of sp³-hybridized carbons (Fsp3) is 0.238. The predicted octanol–water partition coefficient (Wildman–Crippen LogP) is 5.65. The minimum Gasteiger partial charge on any atom is -0.463 e. The van der Waals surface area contributed by atoms with Crippen LogP contribution in [0.3, 0.4) is 0 Å². The predicted molar refractivity (Wildman–Crippen MR) is 199 cm³/mol. The van der Waals surface area contributed by atoms with E-state index in [0.29, 0.717) is 44.5 Å². The van der Waals surface area contributed by atoms with Crippen molar-refractivity contribution in [1.82, 2.24) is 0 Å². The highest BCUT2D eigenvalue weighted by atomic mass is 16.6. The van der Waals surface area contributed by atoms with E-state index >= 15 is 0 Å². The molecule has 0 radical (unpaired) electrons. The van der Waals surface area contributed by atoms with Crippen molar-refractivity contribution in [2.24, 2.45) is 5.92 Å². The van der Waals surface area contributed by atoms with Crippen LogP contribution in [-0.2, 0) is 78.8 Å². The second-order valence-electron chi connectivity index (χ2n) is 12.2. The Kier molecular flexibility index (Phi) is 16.5. The summed E-state index contributed by atoms with van der Waals surface area (Å²) in [5.41, 5.74) is 4.08. The average Bonchev–Trinajstić information content (AvgIpc) is 3.20. The molecule has 0 heterocycles. The summed E-state index contributed by atoms with van der Waals surface area (Å²) in [6, 6.07) is 15.0. The monoisotopic (exact) mass is 754 g/mol. The number of carbonyl (C=O) groups is 6. The zero-order chi connectivity index (χ0) is 40.5. The lowest BCUT2D eigenvalue weighted by molar-refractivity contribution is -0.151. The second kappa shape index (κ2) is 21.2. The molecule has 3 rings (SSSR count). The van der Waals surface area contributed by atoms with Crippen molar-refractivity contribution in [3.05, 3.63) is 133 Å². The maximum absolute atomic E-state index is 13.6. The van der Waals surface area contributed by atoms with E-state index in [4.69, 9.17) is 28.4 Å². The van der Waals surface area contributed by atoms with Crippen LogP contribution in [0, 0.1) is 5.92 Å². The molecular weight excluding hydrogens is 712 g/mol. The van der Waals surface area contributed by atoms with Gasteiger partial charge in [-0.25, -0.2) is 24.0 Å². The van der Waals surface area contributed by atoms with E-state index in [1.807, 2.05) is 0 Å². The molecule has 13 nitrogen and oxygen atoms in total. The second-order valence-corrected chi connectivity index (χ2v) is 12.2. The van der Waals surface area contributed by atoms with Crippen LogP contribution >= 0.6 is 0 Å². The van der Waals surface area contributed by atoms with Gasteiger partial charge in [0.05, 0.1) is 11.5 Å². The van der Waals surface area contributed by atoms with Crippen LogP contribution in [0.1, 0.15) is 46.5 Å². The van der Waals surface area contributed by atoms with Crippen molar-refractivity contribution in [2.45, 2.75) is 46.4 Å². The average molecular weight is 755 g/mol. The molecule has 0 saturated heterocycles. The van der Waals surface area contributed by atoms with Crippen molar-refractivity contribution >= 4 is 35.8 Å². The molecule has 0 aliphatic rings. The molecule has 0 fully saturated rings. The van der Waals surface area contributed by atoms with Gasteiger partial charge in [-0.2, -0.15) is 0 Å². The first kappa shape index (κ1) is 42.8. The summed E-state index contributed by atoms with van der Waals surface area (Å²) < 4.78 is 31.5. The number of aliphatic hydroxyl groups is 1. The minimum absolute atomic E-state index is 0.0464. The molecular formula is C42H42O13. The van der Waals surface area contributed by atoms with Crippen LogP contribution in [-0.4, -0.2) is 60.2 Å². The Morgan fingerprint density at radius 1 is 0.509 bits per heavy atom. The van der Waals surface area contributed by atoms with Gasteiger partial charge in [-0.1, -0.05) is 40.2 Å². The number of rotatable bonds is 20. The maximum atomic E-state index is 13.6. The van der Waals surface area contributed by atoms with Gasteiger partial charge in [0.2, 0.25) is 0 Å². The van der Waals surface area contributed by atoms with E-state index < -0.39 is 54.4 Å². The van der Waals surface area contributed by atoms with E-state index in [0.717, 1.165) is 24.3 Å². The molecule has 13 heteroatoms. The molecule has 0 bridgehead atoms. The van der Waals surface area contributed by atoms with Gasteiger partial charge < -0.3 is 33.5 Å². The van der Waals surface area contributed by atoms with E-state index in [1.165, 1.54) is 12.1 Å². The summed E-state index contributed by atoms with van der Waals surface area (Å²) in [5.74, 6) is -4.41. The van der Waals surface area contributed by atoms with Crippen molar-refractivity contribution in [3.63, 3.8) is 0 Å². The molecule has 3 aromatic carbocycles. The Bertz CT molecular complexity index is 1760. The molecule has 0 amide bonds. The minimum atomic E-state index is -1.30. The van der Waals surface area contributed by atoms with Crippen molar-refractivity contribution in [3.8, 4) is 22.3 Å². The number of esters is 6. The number of aliphatic hydroxyl groups excluding tert-OH is 1. The van der Waals surface area contributed by atoms with Gasteiger partial charge in [-0.15, -0.1) is 0 Å². The van der Waals surface area contributed by atoms with E-state index in [1.54, 1.807) is 56.3 Å². The van der Waals surface area contributed by atoms with Gasteiger partial charge in [0.25, 0.3) is 0 Å². The first-order valence-electron chi connectivity index (χ1n) is 16.8. The highest BCUT2D eigenvalue weighted by Gasteiger charge is 2.18. The van der Waals surface area contributed by atoms with Gasteiger partial charge in [-0.05, 0) is 99.1 Å². The topological polar surface area (TPSA) is 178 Å². The molecule has 1 N–H and O–H groups in total. The molecule has 55 heavy (non-hydrogen) atoms. The summed E-state index contributed by atoms with van der Waals surface area (Å²) in [4.78, 5) is 73.0. The Balaban J connectivity index is 2.17. The summed E-state index contributed by atoms with van der Waals surface area (Å²) in [7, 11) is 0. The van der Waals surface area contributed by atoms with Crippen LogP contribution in [0.5, 0.6) is 0 Å². The lowest BCUT2D eigenvalue weighted by atomic mass is 9.93. The normalized spacial score (nSPS) is 11.0. The summed E-state index contributed by atoms with van der Waals surface area (Å²) >= 11 is 0. The van der Waals surface area contributed by atoms with Crippen LogP contribution in [0.15, 0.2) is 105 Å². The molecule has 288 valence electrons. The molecule has 1 atom stereocenters. The zero-order valence-corrected chi connectivity index (χ0v) is 30.6. The molecule has 3 aromatic rings. The number of hydrogen-bond donors (Lipinski definition) is 1. The quantitative estimate of drug-likeness (QED) is 0.0851. The first-order chi connectivity index (χ1) is 26.2. The van der Waals surface area contributed by atoms with E-state index in [-0.39, 0.29) is 38.6 Å². The highest BCUT2D eigenvalue weighted by Crippen LogP contribution is 2.32. The highest BCUT2D eigenvalue weighted by molar-refractivity contribution is 5.94. The van der Waals surface area contributed by atoms with Crippen molar-refractivity contribution < 1.29 is 62.3 Å². The van der Waals surface area contributed by atoms with Crippen LogP contribution in [0.4, 0.5) is 0 Å². The Hall–Kier alpha value is -6.60. The van der Waals surface area contributed by atoms with Crippen LogP contribution < -0.4 is 0 Å². The van der Waals surface area contributed by atoms with Gasteiger partial charge in [0, 0.05) is 24.3 Å². The number of carbonyl (C=O) groups excluding carboxylic acids is 6. The van der Waals surface area contributed by atoms with E-state index in [9.17, 15) is 33.9 Å². The number of ether oxygens (including phenoxy) is 6. The number of benzene rings is 3. The van der Waals surface area contributed by atoms with Crippen molar-refractivity contribution in [2.75, 3.05) is 13.2 Å². The lowest BCUT2D eigenvalue weighted by Crippen LogP contribution is -2.26. The molecule has 1 unspecified atom stereocenters. The smallest absolute Gasteiger partial charge is 0.338 e. The molecule has 0 aromatic heterocycles. The third-order valence-corrected chi connectivity index (χ3v) is 7.43. The largest absolute Gasteiger partial charge is 0.463 e. The summed E-state index contributed by atoms with van der Waals surface area (Å²) in [6.07, 6.45) is 2.76. The van der Waals surface area contributed by atoms with Gasteiger partial charge >= 0.3 is 35.8 Å². The Morgan fingerprint density at radius 2 is 0.836 bits per heavy atom. The fourth-order valence-corrected chi connectivity index (χ4v) is 4.77. The SMILES string of the molecule is C=CC(=O)OCc1cc(COC(=O)C=C)cc(-c2cc(C(=O)OCC(O)COC(=O)C(C)C)cc(-c3cc(COC(=O)C=C)cc(COC(=O)C=C)c3)c2)c1. The Labute approximate surface area is 318 Å². The third-order valence-electron chi connectivity index (χ3n) is 7.43. The zero-order valence-electron chi connectivity index (χ0n) is 30.6. The fourth-order valence-electron chi connectivity index (χ4n) is 4.77. The van der Waals surface area contributed by atoms with Crippen molar-refractivity contribution in [1.29, 1.82) is 0 Å². The standard InChI is InChI=1S/C42H42O13/c1-7-37(44)50-20-27-11-28(21-51-38(45)8-2)14-31(13-27)33-17-34(19-35(18-33)42(49)55-25-36(43)24-54-41(48)26(5)6)32-15-29(22-52-39(46)9-3)12-30(16-32)23-53-40(47)10-4/h7-19,26,36,43H,1-4,20-25H2,5-6H3. The van der Waals surface area contributed by atoms with Crippen LogP contribution in [0.2, 0.25) is 0 Å². The first-order valence-corrected chi connectivity index (χ1v) is 16.8. The molecule has 0 aliphatic carbocycles.